The number of rotatable bonds is 4. The van der Waals surface area contributed by atoms with Crippen molar-refractivity contribution in [3.8, 4) is 0 Å². The quantitative estimate of drug-likeness (QED) is 0.693. The van der Waals surface area contributed by atoms with E-state index in [2.05, 4.69) is 20.7 Å². The molecule has 0 radical (unpaired) electrons. The number of nitrogens with zero attached hydrogens (tertiary/aromatic N) is 5. The molecule has 0 atom stereocenters. The topological polar surface area (TPSA) is 98.2 Å². The summed E-state index contributed by atoms with van der Waals surface area (Å²) in [5.74, 6) is 1.44. The molecular formula is C15H17N7O2. The summed E-state index contributed by atoms with van der Waals surface area (Å²) in [6.45, 7) is 2.56. The van der Waals surface area contributed by atoms with Crippen molar-refractivity contribution in [2.75, 3.05) is 11.9 Å². The van der Waals surface area contributed by atoms with Crippen LogP contribution in [-0.4, -0.2) is 36.2 Å². The van der Waals surface area contributed by atoms with Crippen LogP contribution >= 0.6 is 0 Å². The van der Waals surface area contributed by atoms with Gasteiger partial charge in [-0.2, -0.15) is 0 Å². The van der Waals surface area contributed by atoms with Gasteiger partial charge in [0.05, 0.1) is 19.3 Å². The average Bonchev–Trinajstić information content (AvgIpc) is 3.15. The van der Waals surface area contributed by atoms with E-state index >= 15 is 0 Å². The van der Waals surface area contributed by atoms with Crippen molar-refractivity contribution in [2.24, 2.45) is 0 Å². The molecular weight excluding hydrogens is 310 g/mol. The number of amides is 1. The second-order valence-corrected chi connectivity index (χ2v) is 5.62. The van der Waals surface area contributed by atoms with E-state index in [1.807, 2.05) is 10.6 Å². The third kappa shape index (κ3) is 2.58. The van der Waals surface area contributed by atoms with Crippen LogP contribution in [0.3, 0.4) is 0 Å². The number of anilines is 1. The molecule has 0 saturated carbocycles. The van der Waals surface area contributed by atoms with Crippen LogP contribution in [0.1, 0.15) is 12.2 Å². The second kappa shape index (κ2) is 5.93. The van der Waals surface area contributed by atoms with Crippen molar-refractivity contribution in [3.05, 3.63) is 46.9 Å². The lowest BCUT2D eigenvalue weighted by Gasteiger charge is -2.17. The molecule has 3 aromatic rings. The Morgan fingerprint density at radius 2 is 2.29 bits per heavy atom. The Kier molecular flexibility index (Phi) is 3.62. The fraction of sp³-hybridized carbons (Fsp3) is 0.333. The molecule has 0 saturated heterocycles. The lowest BCUT2D eigenvalue weighted by Crippen LogP contribution is -2.29. The van der Waals surface area contributed by atoms with Crippen molar-refractivity contribution >= 4 is 17.4 Å². The Morgan fingerprint density at radius 3 is 3.17 bits per heavy atom. The van der Waals surface area contributed by atoms with E-state index in [1.54, 1.807) is 24.5 Å². The zero-order valence-electron chi connectivity index (χ0n) is 13.0. The van der Waals surface area contributed by atoms with Crippen molar-refractivity contribution in [3.63, 3.8) is 0 Å². The average molecular weight is 327 g/mol. The number of aromatic nitrogens is 5. The maximum atomic E-state index is 12.2. The maximum Gasteiger partial charge on any atom is 0.350 e. The SMILES string of the molecule is O=C(CCn1nc2ccccn2c1=O)Nc1cnc2n1CCNC2. The first-order valence-electron chi connectivity index (χ1n) is 7.81. The molecule has 1 amide bonds. The lowest BCUT2D eigenvalue weighted by molar-refractivity contribution is -0.116. The van der Waals surface area contributed by atoms with Crippen molar-refractivity contribution in [1.82, 2.24) is 29.0 Å². The van der Waals surface area contributed by atoms with Gasteiger partial charge in [-0.25, -0.2) is 14.5 Å². The van der Waals surface area contributed by atoms with Gasteiger partial charge in [0.1, 0.15) is 11.6 Å². The van der Waals surface area contributed by atoms with Crippen LogP contribution in [0.5, 0.6) is 0 Å². The number of nitrogens with one attached hydrogen (secondary N) is 2. The Balaban J connectivity index is 1.44. The third-order valence-electron chi connectivity index (χ3n) is 4.04. The fourth-order valence-electron chi connectivity index (χ4n) is 2.82. The van der Waals surface area contributed by atoms with Gasteiger partial charge in [0.25, 0.3) is 0 Å². The third-order valence-corrected chi connectivity index (χ3v) is 4.04. The smallest absolute Gasteiger partial charge is 0.312 e. The van der Waals surface area contributed by atoms with E-state index in [1.165, 1.54) is 9.08 Å². The van der Waals surface area contributed by atoms with Gasteiger partial charge in [-0.1, -0.05) is 6.07 Å². The minimum atomic E-state index is -0.244. The van der Waals surface area contributed by atoms with Crippen LogP contribution in [0, 0.1) is 0 Å². The van der Waals surface area contributed by atoms with E-state index < -0.39 is 0 Å². The van der Waals surface area contributed by atoms with Gasteiger partial charge in [-0.3, -0.25) is 9.20 Å². The summed E-state index contributed by atoms with van der Waals surface area (Å²) >= 11 is 0. The van der Waals surface area contributed by atoms with Crippen LogP contribution in [0.15, 0.2) is 35.4 Å². The van der Waals surface area contributed by atoms with E-state index in [9.17, 15) is 9.59 Å². The summed E-state index contributed by atoms with van der Waals surface area (Å²) < 4.78 is 4.76. The number of imidazole rings is 1. The molecule has 124 valence electrons. The molecule has 9 heteroatoms. The summed E-state index contributed by atoms with van der Waals surface area (Å²) in [7, 11) is 0. The molecule has 2 N–H and O–H groups in total. The Hall–Kier alpha value is -2.94. The molecule has 3 aromatic heterocycles. The summed E-state index contributed by atoms with van der Waals surface area (Å²) in [4.78, 5) is 28.6. The first-order chi connectivity index (χ1) is 11.7. The maximum absolute atomic E-state index is 12.2. The van der Waals surface area contributed by atoms with Gasteiger partial charge in [-0.05, 0) is 12.1 Å². The first-order valence-corrected chi connectivity index (χ1v) is 7.81. The van der Waals surface area contributed by atoms with Crippen molar-refractivity contribution in [1.29, 1.82) is 0 Å². The van der Waals surface area contributed by atoms with Gasteiger partial charge >= 0.3 is 5.69 Å². The predicted octanol–water partition coefficient (Wildman–Crippen LogP) is -0.175. The number of hydrogen-bond donors (Lipinski definition) is 2. The van der Waals surface area contributed by atoms with Gasteiger partial charge in [0.2, 0.25) is 5.91 Å². The molecule has 4 heterocycles. The zero-order chi connectivity index (χ0) is 16.5. The van der Waals surface area contributed by atoms with Crippen LogP contribution in [0.4, 0.5) is 5.82 Å². The summed E-state index contributed by atoms with van der Waals surface area (Å²) in [5, 5.41) is 10.3. The largest absolute Gasteiger partial charge is 0.350 e. The van der Waals surface area contributed by atoms with Crippen LogP contribution in [-0.2, 0) is 24.4 Å². The minimum Gasteiger partial charge on any atom is -0.312 e. The molecule has 0 fully saturated rings. The second-order valence-electron chi connectivity index (χ2n) is 5.62. The summed E-state index contributed by atoms with van der Waals surface area (Å²) in [5.41, 5.74) is 0.325. The highest BCUT2D eigenvalue weighted by Gasteiger charge is 2.15. The Bertz CT molecular complexity index is 952. The standard InChI is InChI=1S/C15H17N7O2/c23-14(18-13-10-17-12-9-16-5-8-20(12)13)4-7-22-15(24)21-6-2-1-3-11(21)19-22/h1-3,6,10,16H,4-5,7-9H2,(H,18,23). The number of carbonyl (C=O) groups excluding carboxylic acids is 1. The highest BCUT2D eigenvalue weighted by molar-refractivity contribution is 5.89. The number of fused-ring (bicyclic) bond motifs is 2. The van der Waals surface area contributed by atoms with E-state index in [0.717, 1.165) is 18.9 Å². The van der Waals surface area contributed by atoms with Crippen LogP contribution < -0.4 is 16.3 Å². The first kappa shape index (κ1) is 14.6. The molecule has 0 aliphatic carbocycles. The molecule has 0 aromatic carbocycles. The number of hydrogen-bond acceptors (Lipinski definition) is 5. The van der Waals surface area contributed by atoms with Gasteiger partial charge < -0.3 is 15.2 Å². The van der Waals surface area contributed by atoms with Crippen molar-refractivity contribution in [2.45, 2.75) is 26.1 Å². The molecule has 1 aliphatic rings. The lowest BCUT2D eigenvalue weighted by atomic mass is 10.4. The minimum absolute atomic E-state index is 0.166. The number of aryl methyl sites for hydroxylation is 1. The summed E-state index contributed by atoms with van der Waals surface area (Å²) in [6, 6.07) is 5.34. The van der Waals surface area contributed by atoms with Crippen LogP contribution in [0.2, 0.25) is 0 Å². The Labute approximate surface area is 136 Å². The molecule has 1 aliphatic heterocycles. The van der Waals surface area contributed by atoms with Crippen LogP contribution in [0.25, 0.3) is 5.65 Å². The summed E-state index contributed by atoms with van der Waals surface area (Å²) in [6.07, 6.45) is 3.49. The van der Waals surface area contributed by atoms with E-state index in [-0.39, 0.29) is 24.6 Å². The molecule has 9 nitrogen and oxygen atoms in total. The monoisotopic (exact) mass is 327 g/mol. The zero-order valence-corrected chi connectivity index (χ0v) is 13.0. The highest BCUT2D eigenvalue weighted by atomic mass is 16.2. The number of pyridine rings is 1. The molecule has 24 heavy (non-hydrogen) atoms. The molecule has 0 spiro atoms. The molecule has 0 bridgehead atoms. The Morgan fingerprint density at radius 1 is 1.38 bits per heavy atom. The molecule has 4 rings (SSSR count). The normalized spacial score (nSPS) is 13.8. The van der Waals surface area contributed by atoms with E-state index in [0.29, 0.717) is 18.0 Å². The van der Waals surface area contributed by atoms with Gasteiger partial charge in [0.15, 0.2) is 5.65 Å². The highest BCUT2D eigenvalue weighted by Crippen LogP contribution is 2.14. The number of carbonyl (C=O) groups is 1. The van der Waals surface area contributed by atoms with Crippen molar-refractivity contribution < 1.29 is 4.79 Å². The van der Waals surface area contributed by atoms with Gasteiger partial charge in [0, 0.05) is 25.7 Å². The molecule has 0 unspecified atom stereocenters. The fourth-order valence-corrected chi connectivity index (χ4v) is 2.82. The van der Waals surface area contributed by atoms with E-state index in [4.69, 9.17) is 0 Å². The van der Waals surface area contributed by atoms with Gasteiger partial charge in [-0.15, -0.1) is 5.10 Å². The predicted molar refractivity (Wildman–Crippen MR) is 86.6 cm³/mol.